The first-order chi connectivity index (χ1) is 6.24. The second kappa shape index (κ2) is 5.07. The zero-order chi connectivity index (χ0) is 9.68. The van der Waals surface area contributed by atoms with E-state index in [0.717, 1.165) is 6.29 Å². The maximum atomic E-state index is 10.5. The zero-order valence-electron chi connectivity index (χ0n) is 7.94. The van der Waals surface area contributed by atoms with Crippen molar-refractivity contribution in [1.82, 2.24) is 0 Å². The van der Waals surface area contributed by atoms with Gasteiger partial charge in [-0.1, -0.05) is 32.0 Å². The summed E-state index contributed by atoms with van der Waals surface area (Å²) in [4.78, 5) is 11.7. The van der Waals surface area contributed by atoms with Crippen molar-refractivity contribution in [2.75, 3.05) is 0 Å². The number of benzene rings is 1. The fraction of sp³-hybridized carbons (Fsp3) is 0.364. The van der Waals surface area contributed by atoms with Crippen LogP contribution in [0, 0.1) is 5.92 Å². The molecule has 1 aromatic rings. The minimum Gasteiger partial charge on any atom is -0.303 e. The molecule has 0 saturated heterocycles. The van der Waals surface area contributed by atoms with Crippen molar-refractivity contribution >= 4 is 18.0 Å². The van der Waals surface area contributed by atoms with Crippen LogP contribution in [0.5, 0.6) is 0 Å². The molecule has 0 aliphatic carbocycles. The Kier molecular flexibility index (Phi) is 4.03. The smallest absolute Gasteiger partial charge is 0.123 e. The number of rotatable bonds is 4. The molecule has 2 heteroatoms. The summed E-state index contributed by atoms with van der Waals surface area (Å²) in [6, 6.07) is 10.2. The third-order valence-corrected chi connectivity index (χ3v) is 3.37. The molecule has 2 unspecified atom stereocenters. The minimum atomic E-state index is 0.116. The lowest BCUT2D eigenvalue weighted by Gasteiger charge is -2.13. The summed E-state index contributed by atoms with van der Waals surface area (Å²) in [5.74, 6) is 0.116. The van der Waals surface area contributed by atoms with E-state index in [-0.39, 0.29) is 5.92 Å². The van der Waals surface area contributed by atoms with E-state index in [9.17, 15) is 4.79 Å². The van der Waals surface area contributed by atoms with E-state index in [4.69, 9.17) is 0 Å². The molecule has 13 heavy (non-hydrogen) atoms. The van der Waals surface area contributed by atoms with Gasteiger partial charge in [-0.2, -0.15) is 0 Å². The number of hydrogen-bond donors (Lipinski definition) is 0. The predicted molar refractivity (Wildman–Crippen MR) is 57.0 cm³/mol. The van der Waals surface area contributed by atoms with Gasteiger partial charge in [0.2, 0.25) is 0 Å². The van der Waals surface area contributed by atoms with Crippen LogP contribution in [0.3, 0.4) is 0 Å². The van der Waals surface area contributed by atoms with Crippen molar-refractivity contribution in [2.45, 2.75) is 24.0 Å². The highest BCUT2D eigenvalue weighted by atomic mass is 32.2. The number of aldehydes is 1. The van der Waals surface area contributed by atoms with Gasteiger partial charge in [-0.25, -0.2) is 0 Å². The highest BCUT2D eigenvalue weighted by molar-refractivity contribution is 8.00. The van der Waals surface area contributed by atoms with Crippen LogP contribution in [0.25, 0.3) is 0 Å². The quantitative estimate of drug-likeness (QED) is 0.541. The second-order valence-electron chi connectivity index (χ2n) is 3.13. The van der Waals surface area contributed by atoms with E-state index < -0.39 is 0 Å². The highest BCUT2D eigenvalue weighted by Gasteiger charge is 2.11. The molecule has 0 heterocycles. The molecule has 1 aromatic carbocycles. The molecule has 0 spiro atoms. The van der Waals surface area contributed by atoms with Crippen LogP contribution >= 0.6 is 11.8 Å². The molecule has 0 N–H and O–H groups in total. The third-order valence-electron chi connectivity index (χ3n) is 2.02. The largest absolute Gasteiger partial charge is 0.303 e. The van der Waals surface area contributed by atoms with E-state index >= 15 is 0 Å². The van der Waals surface area contributed by atoms with Crippen molar-refractivity contribution < 1.29 is 4.79 Å². The average molecular weight is 194 g/mol. The molecule has 1 rings (SSSR count). The summed E-state index contributed by atoms with van der Waals surface area (Å²) in [5.41, 5.74) is 0. The lowest BCUT2D eigenvalue weighted by Crippen LogP contribution is -2.10. The number of thioether (sulfide) groups is 1. The maximum absolute atomic E-state index is 10.5. The molecule has 0 aromatic heterocycles. The number of carbonyl (C=O) groups is 1. The van der Waals surface area contributed by atoms with Crippen molar-refractivity contribution in [3.05, 3.63) is 30.3 Å². The first kappa shape index (κ1) is 10.3. The summed E-state index contributed by atoms with van der Waals surface area (Å²) in [6.07, 6.45) is 1.01. The summed E-state index contributed by atoms with van der Waals surface area (Å²) in [5, 5.41) is 0.347. The van der Waals surface area contributed by atoms with E-state index in [2.05, 4.69) is 19.1 Å². The van der Waals surface area contributed by atoms with E-state index in [0.29, 0.717) is 5.25 Å². The highest BCUT2D eigenvalue weighted by Crippen LogP contribution is 2.26. The Labute approximate surface area is 83.5 Å². The standard InChI is InChI=1S/C11H14OS/c1-9(8-12)10(2)13-11-6-4-3-5-7-11/h3-10H,1-2H3. The molecule has 0 amide bonds. The SMILES string of the molecule is CC(C=O)C(C)Sc1ccccc1. The van der Waals surface area contributed by atoms with E-state index in [1.54, 1.807) is 11.8 Å². The Bertz CT molecular complexity index is 258. The van der Waals surface area contributed by atoms with E-state index in [1.165, 1.54) is 4.90 Å². The normalized spacial score (nSPS) is 14.9. The number of hydrogen-bond acceptors (Lipinski definition) is 2. The van der Waals surface area contributed by atoms with Crippen LogP contribution < -0.4 is 0 Å². The molecule has 0 aliphatic rings. The summed E-state index contributed by atoms with van der Waals surface area (Å²) < 4.78 is 0. The van der Waals surface area contributed by atoms with Crippen LogP contribution in [0.15, 0.2) is 35.2 Å². The van der Waals surface area contributed by atoms with Crippen molar-refractivity contribution in [1.29, 1.82) is 0 Å². The fourth-order valence-electron chi connectivity index (χ4n) is 0.932. The monoisotopic (exact) mass is 194 g/mol. The molecule has 0 saturated carbocycles. The molecule has 0 bridgehead atoms. The van der Waals surface area contributed by atoms with Crippen molar-refractivity contribution in [3.8, 4) is 0 Å². The van der Waals surface area contributed by atoms with Crippen molar-refractivity contribution in [2.24, 2.45) is 5.92 Å². The number of carbonyl (C=O) groups excluding carboxylic acids is 1. The van der Waals surface area contributed by atoms with Gasteiger partial charge in [0.05, 0.1) is 0 Å². The van der Waals surface area contributed by atoms with Gasteiger partial charge >= 0.3 is 0 Å². The summed E-state index contributed by atoms with van der Waals surface area (Å²) in [7, 11) is 0. The Morgan fingerprint density at radius 1 is 1.23 bits per heavy atom. The van der Waals surface area contributed by atoms with Crippen LogP contribution in [0.1, 0.15) is 13.8 Å². The van der Waals surface area contributed by atoms with Gasteiger partial charge in [0.1, 0.15) is 6.29 Å². The summed E-state index contributed by atoms with van der Waals surface area (Å²) in [6.45, 7) is 4.03. The molecule has 2 atom stereocenters. The lowest BCUT2D eigenvalue weighted by atomic mass is 10.1. The van der Waals surface area contributed by atoms with Crippen LogP contribution in [0.2, 0.25) is 0 Å². The molecule has 0 radical (unpaired) electrons. The van der Waals surface area contributed by atoms with Gasteiger partial charge in [0.25, 0.3) is 0 Å². The van der Waals surface area contributed by atoms with Gasteiger partial charge in [-0.05, 0) is 12.1 Å². The Morgan fingerprint density at radius 2 is 1.85 bits per heavy atom. The molecule has 0 fully saturated rings. The van der Waals surface area contributed by atoms with E-state index in [1.807, 2.05) is 25.1 Å². The van der Waals surface area contributed by atoms with Crippen molar-refractivity contribution in [3.63, 3.8) is 0 Å². The van der Waals surface area contributed by atoms with Crippen LogP contribution in [-0.4, -0.2) is 11.5 Å². The predicted octanol–water partition coefficient (Wildman–Crippen LogP) is 3.00. The fourth-order valence-corrected chi connectivity index (χ4v) is 1.95. The van der Waals surface area contributed by atoms with Gasteiger partial charge < -0.3 is 4.79 Å². The lowest BCUT2D eigenvalue weighted by molar-refractivity contribution is -0.110. The Hall–Kier alpha value is -0.760. The Morgan fingerprint density at radius 3 is 2.38 bits per heavy atom. The van der Waals surface area contributed by atoms with Gasteiger partial charge in [0, 0.05) is 16.1 Å². The van der Waals surface area contributed by atoms with Gasteiger partial charge in [-0.15, -0.1) is 11.8 Å². The molecule has 1 nitrogen and oxygen atoms in total. The topological polar surface area (TPSA) is 17.1 Å². The van der Waals surface area contributed by atoms with Crippen LogP contribution in [0.4, 0.5) is 0 Å². The first-order valence-corrected chi connectivity index (χ1v) is 5.29. The first-order valence-electron chi connectivity index (χ1n) is 4.41. The summed E-state index contributed by atoms with van der Waals surface area (Å²) >= 11 is 1.74. The Balaban J connectivity index is 2.54. The zero-order valence-corrected chi connectivity index (χ0v) is 8.75. The molecular formula is C11H14OS. The molecular weight excluding hydrogens is 180 g/mol. The molecule has 0 aliphatic heterocycles. The molecule has 70 valence electrons. The van der Waals surface area contributed by atoms with Gasteiger partial charge in [-0.3, -0.25) is 0 Å². The van der Waals surface area contributed by atoms with Crippen LogP contribution in [-0.2, 0) is 4.79 Å². The third kappa shape index (κ3) is 3.23. The van der Waals surface area contributed by atoms with Gasteiger partial charge in [0.15, 0.2) is 0 Å². The maximum Gasteiger partial charge on any atom is 0.123 e. The average Bonchev–Trinajstić information content (AvgIpc) is 2.18. The minimum absolute atomic E-state index is 0.116. The second-order valence-corrected chi connectivity index (χ2v) is 4.58.